The minimum absolute atomic E-state index is 0.0208. The molecule has 0 atom stereocenters. The van der Waals surface area contributed by atoms with E-state index < -0.39 is 0 Å². The van der Waals surface area contributed by atoms with Crippen molar-refractivity contribution in [1.29, 1.82) is 0 Å². The first-order valence-electron chi connectivity index (χ1n) is 10.7. The van der Waals surface area contributed by atoms with Crippen LogP contribution in [0.2, 0.25) is 0 Å². The quantitative estimate of drug-likeness (QED) is 0.698. The maximum Gasteiger partial charge on any atom is 0.254 e. The number of nitrogens with zero attached hydrogens (tertiary/aromatic N) is 2. The van der Waals surface area contributed by atoms with Gasteiger partial charge >= 0.3 is 0 Å². The highest BCUT2D eigenvalue weighted by Gasteiger charge is 2.28. The lowest BCUT2D eigenvalue weighted by Gasteiger charge is -2.34. The molecule has 1 saturated carbocycles. The van der Waals surface area contributed by atoms with Crippen LogP contribution in [0, 0.1) is 6.92 Å². The first-order chi connectivity index (χ1) is 14.1. The Hall–Kier alpha value is -2.63. The second-order valence-electron chi connectivity index (χ2n) is 7.90. The van der Waals surface area contributed by atoms with Crippen LogP contribution in [-0.4, -0.2) is 34.5 Å². The Labute approximate surface area is 172 Å². The summed E-state index contributed by atoms with van der Waals surface area (Å²) in [5.74, 6) is 0.676. The van der Waals surface area contributed by atoms with Gasteiger partial charge in [-0.1, -0.05) is 49.9 Å². The highest BCUT2D eigenvalue weighted by molar-refractivity contribution is 5.99. The van der Waals surface area contributed by atoms with Gasteiger partial charge in [0.15, 0.2) is 5.82 Å². The third-order valence-electron chi connectivity index (χ3n) is 5.51. The highest BCUT2D eigenvalue weighted by Crippen LogP contribution is 2.24. The van der Waals surface area contributed by atoms with E-state index in [1.54, 1.807) is 17.9 Å². The predicted octanol–water partition coefficient (Wildman–Crippen LogP) is 4.74. The van der Waals surface area contributed by atoms with E-state index in [0.29, 0.717) is 17.1 Å². The first-order valence-corrected chi connectivity index (χ1v) is 10.7. The van der Waals surface area contributed by atoms with Crippen LogP contribution < -0.4 is 5.32 Å². The molecule has 156 valence electrons. The number of amides is 2. The summed E-state index contributed by atoms with van der Waals surface area (Å²) >= 11 is 0. The maximum absolute atomic E-state index is 13.3. The van der Waals surface area contributed by atoms with Gasteiger partial charge in [0.1, 0.15) is 12.3 Å². The summed E-state index contributed by atoms with van der Waals surface area (Å²) < 4.78 is 5.00. The molecule has 3 rings (SSSR count). The molecule has 2 aromatic rings. The number of unbranched alkanes of at least 4 members (excludes halogenated alkanes) is 1. The molecular weight excluding hydrogens is 366 g/mol. The molecule has 29 heavy (non-hydrogen) atoms. The number of rotatable bonds is 8. The number of carbonyl (C=O) groups excluding carboxylic acids is 2. The monoisotopic (exact) mass is 397 g/mol. The third-order valence-corrected chi connectivity index (χ3v) is 5.51. The number of aromatic nitrogens is 1. The minimum atomic E-state index is -0.253. The highest BCUT2D eigenvalue weighted by atomic mass is 16.5. The van der Waals surface area contributed by atoms with Crippen molar-refractivity contribution in [3.63, 3.8) is 0 Å². The van der Waals surface area contributed by atoms with Crippen LogP contribution in [0.5, 0.6) is 0 Å². The van der Waals surface area contributed by atoms with E-state index in [1.165, 1.54) is 12.0 Å². The van der Waals surface area contributed by atoms with Crippen LogP contribution in [0.3, 0.4) is 0 Å². The van der Waals surface area contributed by atoms with E-state index in [4.69, 9.17) is 4.52 Å². The molecule has 1 aromatic carbocycles. The molecular formula is C23H31N3O3. The Balaban J connectivity index is 1.71. The van der Waals surface area contributed by atoms with E-state index in [0.717, 1.165) is 44.9 Å². The molecule has 0 spiro atoms. The SMILES string of the molecule is CCCCc1ccc(C(=O)N(CC(=O)Nc2cc(C)on2)C2CCCCC2)cc1. The van der Waals surface area contributed by atoms with E-state index in [-0.39, 0.29) is 24.4 Å². The van der Waals surface area contributed by atoms with Crippen molar-refractivity contribution in [2.24, 2.45) is 0 Å². The van der Waals surface area contributed by atoms with E-state index in [1.807, 2.05) is 24.3 Å². The van der Waals surface area contributed by atoms with Crippen molar-refractivity contribution < 1.29 is 14.1 Å². The van der Waals surface area contributed by atoms with Crippen LogP contribution in [0.15, 0.2) is 34.9 Å². The Morgan fingerprint density at radius 2 is 1.90 bits per heavy atom. The largest absolute Gasteiger partial charge is 0.360 e. The molecule has 1 aliphatic carbocycles. The van der Waals surface area contributed by atoms with Gasteiger partial charge in [0, 0.05) is 17.7 Å². The summed E-state index contributed by atoms with van der Waals surface area (Å²) in [5.41, 5.74) is 1.88. The van der Waals surface area contributed by atoms with Crippen LogP contribution >= 0.6 is 0 Å². The van der Waals surface area contributed by atoms with E-state index in [9.17, 15) is 9.59 Å². The van der Waals surface area contributed by atoms with Gasteiger partial charge in [-0.15, -0.1) is 0 Å². The lowest BCUT2D eigenvalue weighted by molar-refractivity contribution is -0.117. The number of nitrogens with one attached hydrogen (secondary N) is 1. The fourth-order valence-electron chi connectivity index (χ4n) is 3.88. The van der Waals surface area contributed by atoms with Crippen molar-refractivity contribution >= 4 is 17.6 Å². The van der Waals surface area contributed by atoms with Gasteiger partial charge in [-0.3, -0.25) is 9.59 Å². The van der Waals surface area contributed by atoms with Crippen LogP contribution in [0.4, 0.5) is 5.82 Å². The van der Waals surface area contributed by atoms with Gasteiger partial charge in [0.25, 0.3) is 5.91 Å². The number of carbonyl (C=O) groups is 2. The predicted molar refractivity (Wildman–Crippen MR) is 113 cm³/mol. The summed E-state index contributed by atoms with van der Waals surface area (Å²) in [4.78, 5) is 27.6. The summed E-state index contributed by atoms with van der Waals surface area (Å²) in [6.45, 7) is 3.96. The zero-order valence-electron chi connectivity index (χ0n) is 17.4. The lowest BCUT2D eigenvalue weighted by atomic mass is 9.93. The van der Waals surface area contributed by atoms with Crippen LogP contribution in [-0.2, 0) is 11.2 Å². The molecule has 6 heteroatoms. The van der Waals surface area contributed by atoms with Crippen molar-refractivity contribution in [1.82, 2.24) is 10.1 Å². The Morgan fingerprint density at radius 1 is 1.17 bits per heavy atom. The molecule has 6 nitrogen and oxygen atoms in total. The normalized spacial score (nSPS) is 14.6. The Bertz CT molecular complexity index is 807. The number of benzene rings is 1. The smallest absolute Gasteiger partial charge is 0.254 e. The second-order valence-corrected chi connectivity index (χ2v) is 7.90. The summed E-state index contributed by atoms with van der Waals surface area (Å²) in [6.07, 6.45) is 8.57. The van der Waals surface area contributed by atoms with E-state index >= 15 is 0 Å². The number of hydrogen-bond donors (Lipinski definition) is 1. The number of hydrogen-bond acceptors (Lipinski definition) is 4. The topological polar surface area (TPSA) is 75.4 Å². The summed E-state index contributed by atoms with van der Waals surface area (Å²) in [5, 5.41) is 6.54. The molecule has 0 bridgehead atoms. The molecule has 0 aliphatic heterocycles. The van der Waals surface area contributed by atoms with Gasteiger partial charge in [-0.25, -0.2) is 0 Å². The van der Waals surface area contributed by atoms with Gasteiger partial charge in [-0.2, -0.15) is 0 Å². The van der Waals surface area contributed by atoms with Crippen molar-refractivity contribution in [2.45, 2.75) is 71.3 Å². The minimum Gasteiger partial charge on any atom is -0.360 e. The van der Waals surface area contributed by atoms with Crippen molar-refractivity contribution in [3.8, 4) is 0 Å². The van der Waals surface area contributed by atoms with Gasteiger partial charge in [-0.05, 0) is 50.3 Å². The maximum atomic E-state index is 13.3. The fraction of sp³-hybridized carbons (Fsp3) is 0.522. The molecule has 1 fully saturated rings. The van der Waals surface area contributed by atoms with Gasteiger partial charge in [0.05, 0.1) is 0 Å². The average molecular weight is 398 g/mol. The standard InChI is InChI=1S/C23H31N3O3/c1-3-4-8-18-11-13-19(14-12-18)23(28)26(20-9-6-5-7-10-20)16-22(27)24-21-15-17(2)29-25-21/h11-15,20H,3-10,16H2,1-2H3,(H,24,25,27). The molecule has 1 heterocycles. The fourth-order valence-corrected chi connectivity index (χ4v) is 3.88. The summed E-state index contributed by atoms with van der Waals surface area (Å²) in [6, 6.07) is 9.60. The molecule has 1 aromatic heterocycles. The van der Waals surface area contributed by atoms with E-state index in [2.05, 4.69) is 17.4 Å². The summed E-state index contributed by atoms with van der Waals surface area (Å²) in [7, 11) is 0. The molecule has 0 unspecified atom stereocenters. The van der Waals surface area contributed by atoms with Gasteiger partial charge < -0.3 is 14.7 Å². The molecule has 2 amide bonds. The lowest BCUT2D eigenvalue weighted by Crippen LogP contribution is -2.45. The second kappa shape index (κ2) is 10.2. The van der Waals surface area contributed by atoms with Crippen LogP contribution in [0.25, 0.3) is 0 Å². The zero-order chi connectivity index (χ0) is 20.6. The zero-order valence-corrected chi connectivity index (χ0v) is 17.4. The number of aryl methyl sites for hydroxylation is 2. The average Bonchev–Trinajstić information content (AvgIpc) is 3.15. The van der Waals surface area contributed by atoms with Crippen molar-refractivity contribution in [2.75, 3.05) is 11.9 Å². The number of anilines is 1. The van der Waals surface area contributed by atoms with Gasteiger partial charge in [0.2, 0.25) is 5.91 Å². The molecule has 0 radical (unpaired) electrons. The Morgan fingerprint density at radius 3 is 2.52 bits per heavy atom. The molecule has 1 aliphatic rings. The van der Waals surface area contributed by atoms with Crippen LogP contribution in [0.1, 0.15) is 73.6 Å². The molecule has 1 N–H and O–H groups in total. The van der Waals surface area contributed by atoms with Crippen molar-refractivity contribution in [3.05, 3.63) is 47.2 Å². The Kier molecular flexibility index (Phi) is 7.44. The third kappa shape index (κ3) is 5.92. The first kappa shape index (κ1) is 21.1. The molecule has 0 saturated heterocycles.